The lowest BCUT2D eigenvalue weighted by Crippen LogP contribution is -2.20. The van der Waals surface area contributed by atoms with E-state index in [1.54, 1.807) is 7.11 Å². The molecule has 2 atom stereocenters. The van der Waals surface area contributed by atoms with Gasteiger partial charge in [0, 0.05) is 24.7 Å². The molecule has 1 aliphatic rings. The van der Waals surface area contributed by atoms with Gasteiger partial charge in [-0.3, -0.25) is 4.90 Å². The van der Waals surface area contributed by atoms with Crippen molar-refractivity contribution in [2.45, 2.75) is 19.0 Å². The summed E-state index contributed by atoms with van der Waals surface area (Å²) in [6.07, 6.45) is 1.15. The summed E-state index contributed by atoms with van der Waals surface area (Å²) in [5.41, 5.74) is 8.45. The summed E-state index contributed by atoms with van der Waals surface area (Å²) in [6, 6.07) is 7.06. The van der Waals surface area contributed by atoms with Gasteiger partial charge in [-0.15, -0.1) is 0 Å². The Morgan fingerprint density at radius 2 is 2.15 bits per heavy atom. The second kappa shape index (κ2) is 6.57. The summed E-state index contributed by atoms with van der Waals surface area (Å²) < 4.78 is 5.47. The molecule has 0 bridgehead atoms. The van der Waals surface area contributed by atoms with Crippen molar-refractivity contribution in [2.24, 2.45) is 11.7 Å². The van der Waals surface area contributed by atoms with Crippen LogP contribution >= 0.6 is 0 Å². The fourth-order valence-electron chi connectivity index (χ4n) is 3.14. The Morgan fingerprint density at radius 1 is 1.40 bits per heavy atom. The summed E-state index contributed by atoms with van der Waals surface area (Å²) >= 11 is 0. The predicted molar refractivity (Wildman–Crippen MR) is 82.9 cm³/mol. The van der Waals surface area contributed by atoms with E-state index in [4.69, 9.17) is 10.5 Å². The number of likely N-dealkylation sites (tertiary alicyclic amines) is 1. The first-order valence-electron chi connectivity index (χ1n) is 7.27. The Balaban J connectivity index is 2.24. The highest BCUT2D eigenvalue weighted by molar-refractivity contribution is 5.38. The highest BCUT2D eigenvalue weighted by atomic mass is 16.5. The van der Waals surface area contributed by atoms with Crippen LogP contribution in [0.5, 0.6) is 5.75 Å². The Hall–Kier alpha value is -1.10. The Kier molecular flexibility index (Phi) is 5.02. The largest absolute Gasteiger partial charge is 0.496 e. The molecule has 112 valence electrons. The third-order valence-electron chi connectivity index (χ3n) is 4.14. The molecule has 0 radical (unpaired) electrons. The number of methoxy groups -OCH3 is 1. The van der Waals surface area contributed by atoms with Crippen LogP contribution in [0, 0.1) is 5.92 Å². The number of rotatable bonds is 5. The third-order valence-corrected chi connectivity index (χ3v) is 4.14. The maximum atomic E-state index is 5.82. The van der Waals surface area contributed by atoms with Crippen LogP contribution in [0.3, 0.4) is 0 Å². The van der Waals surface area contributed by atoms with Crippen molar-refractivity contribution in [3.63, 3.8) is 0 Å². The molecule has 1 fully saturated rings. The molecule has 1 saturated heterocycles. The number of nitrogens with zero attached hydrogens (tertiary/aromatic N) is 2. The van der Waals surface area contributed by atoms with Gasteiger partial charge in [0.1, 0.15) is 5.75 Å². The van der Waals surface area contributed by atoms with E-state index in [1.165, 1.54) is 11.1 Å². The fraction of sp³-hybridized carbons (Fsp3) is 0.625. The third kappa shape index (κ3) is 3.32. The second-order valence-corrected chi connectivity index (χ2v) is 6.10. The minimum absolute atomic E-state index is 0.482. The molecule has 2 unspecified atom stereocenters. The van der Waals surface area contributed by atoms with Crippen molar-refractivity contribution in [3.05, 3.63) is 29.3 Å². The zero-order valence-electron chi connectivity index (χ0n) is 13.1. The van der Waals surface area contributed by atoms with Crippen LogP contribution < -0.4 is 10.5 Å². The zero-order valence-corrected chi connectivity index (χ0v) is 13.1. The van der Waals surface area contributed by atoms with Crippen molar-refractivity contribution in [3.8, 4) is 5.75 Å². The van der Waals surface area contributed by atoms with Crippen molar-refractivity contribution in [1.82, 2.24) is 9.80 Å². The molecule has 0 saturated carbocycles. The van der Waals surface area contributed by atoms with Crippen molar-refractivity contribution in [1.29, 1.82) is 0 Å². The first kappa shape index (κ1) is 15.3. The normalized spacial score (nSPS) is 23.5. The smallest absolute Gasteiger partial charge is 0.123 e. The van der Waals surface area contributed by atoms with E-state index in [0.717, 1.165) is 31.8 Å². The van der Waals surface area contributed by atoms with E-state index in [0.29, 0.717) is 12.0 Å². The first-order valence-corrected chi connectivity index (χ1v) is 7.27. The molecule has 1 aromatic rings. The van der Waals surface area contributed by atoms with Crippen molar-refractivity contribution >= 4 is 0 Å². The molecule has 0 aromatic heterocycles. The van der Waals surface area contributed by atoms with Crippen LogP contribution in [-0.2, 0) is 6.54 Å². The molecule has 0 aliphatic carbocycles. The summed E-state index contributed by atoms with van der Waals surface area (Å²) in [6.45, 7) is 2.77. The van der Waals surface area contributed by atoms with Gasteiger partial charge in [-0.05, 0) is 57.7 Å². The molecule has 4 heteroatoms. The quantitative estimate of drug-likeness (QED) is 0.889. The maximum absolute atomic E-state index is 5.82. The van der Waals surface area contributed by atoms with Gasteiger partial charge >= 0.3 is 0 Å². The molecule has 2 N–H and O–H groups in total. The zero-order chi connectivity index (χ0) is 14.7. The predicted octanol–water partition coefficient (Wildman–Crippen LogP) is 1.71. The highest BCUT2D eigenvalue weighted by Crippen LogP contribution is 2.35. The number of hydrogen-bond donors (Lipinski definition) is 1. The Morgan fingerprint density at radius 3 is 2.70 bits per heavy atom. The standard InChI is InChI=1S/C16H27N3O/c1-18(2)11-14-8-13(5-6-16(14)20-4)15-7-12(9-17)10-19(15)3/h5-6,8,12,15H,7,9-11,17H2,1-4H3. The fourth-order valence-corrected chi connectivity index (χ4v) is 3.14. The van der Waals surface area contributed by atoms with Crippen LogP contribution in [0.25, 0.3) is 0 Å². The lowest BCUT2D eigenvalue weighted by Gasteiger charge is -2.22. The summed E-state index contributed by atoms with van der Waals surface area (Å²) in [5.74, 6) is 1.59. The van der Waals surface area contributed by atoms with Gasteiger partial charge in [-0.1, -0.05) is 6.07 Å². The lowest BCUT2D eigenvalue weighted by atomic mass is 9.98. The average molecular weight is 277 g/mol. The number of ether oxygens (including phenoxy) is 1. The molecule has 2 rings (SSSR count). The maximum Gasteiger partial charge on any atom is 0.123 e. The van der Waals surface area contributed by atoms with Gasteiger partial charge in [-0.25, -0.2) is 0 Å². The van der Waals surface area contributed by atoms with E-state index in [2.05, 4.69) is 49.1 Å². The molecule has 0 spiro atoms. The summed E-state index contributed by atoms with van der Waals surface area (Å²) in [4.78, 5) is 4.58. The highest BCUT2D eigenvalue weighted by Gasteiger charge is 2.29. The molecule has 1 aliphatic heterocycles. The van der Waals surface area contributed by atoms with E-state index < -0.39 is 0 Å². The van der Waals surface area contributed by atoms with Crippen LogP contribution in [0.2, 0.25) is 0 Å². The van der Waals surface area contributed by atoms with Gasteiger partial charge in [0.15, 0.2) is 0 Å². The van der Waals surface area contributed by atoms with E-state index in [1.807, 2.05) is 0 Å². The topological polar surface area (TPSA) is 41.7 Å². The van der Waals surface area contributed by atoms with E-state index in [-0.39, 0.29) is 0 Å². The summed E-state index contributed by atoms with van der Waals surface area (Å²) in [5, 5.41) is 0. The molecule has 1 heterocycles. The van der Waals surface area contributed by atoms with Gasteiger partial charge in [-0.2, -0.15) is 0 Å². The number of benzene rings is 1. The van der Waals surface area contributed by atoms with Crippen LogP contribution in [0.15, 0.2) is 18.2 Å². The van der Waals surface area contributed by atoms with Gasteiger partial charge in [0.25, 0.3) is 0 Å². The van der Waals surface area contributed by atoms with E-state index >= 15 is 0 Å². The van der Waals surface area contributed by atoms with Crippen molar-refractivity contribution < 1.29 is 4.74 Å². The second-order valence-electron chi connectivity index (χ2n) is 6.10. The molecule has 0 amide bonds. The molecular weight excluding hydrogens is 250 g/mol. The Bertz CT molecular complexity index is 447. The van der Waals surface area contributed by atoms with Crippen LogP contribution in [-0.4, -0.2) is 51.1 Å². The lowest BCUT2D eigenvalue weighted by molar-refractivity contribution is 0.312. The SMILES string of the molecule is COc1ccc(C2CC(CN)CN2C)cc1CN(C)C. The Labute approximate surface area is 122 Å². The number of nitrogens with two attached hydrogens (primary N) is 1. The average Bonchev–Trinajstić information content (AvgIpc) is 2.79. The van der Waals surface area contributed by atoms with Gasteiger partial charge < -0.3 is 15.4 Å². The minimum Gasteiger partial charge on any atom is -0.496 e. The number of hydrogen-bond acceptors (Lipinski definition) is 4. The summed E-state index contributed by atoms with van der Waals surface area (Å²) in [7, 11) is 8.09. The minimum atomic E-state index is 0.482. The molecule has 4 nitrogen and oxygen atoms in total. The van der Waals surface area contributed by atoms with Gasteiger partial charge in [0.05, 0.1) is 7.11 Å². The van der Waals surface area contributed by atoms with Crippen LogP contribution in [0.4, 0.5) is 0 Å². The van der Waals surface area contributed by atoms with Crippen LogP contribution in [0.1, 0.15) is 23.6 Å². The first-order chi connectivity index (χ1) is 9.55. The molecule has 1 aromatic carbocycles. The van der Waals surface area contributed by atoms with Gasteiger partial charge in [0.2, 0.25) is 0 Å². The van der Waals surface area contributed by atoms with E-state index in [9.17, 15) is 0 Å². The molecule has 20 heavy (non-hydrogen) atoms. The molecular formula is C16H27N3O. The monoisotopic (exact) mass is 277 g/mol. The van der Waals surface area contributed by atoms with Crippen molar-refractivity contribution in [2.75, 3.05) is 41.3 Å².